The molecule has 2 heterocycles. The van der Waals surface area contributed by atoms with Crippen LogP contribution in [0.15, 0.2) is 54.7 Å². The Morgan fingerprint density at radius 1 is 0.969 bits per heavy atom. The summed E-state index contributed by atoms with van der Waals surface area (Å²) in [7, 11) is 0. The van der Waals surface area contributed by atoms with Crippen LogP contribution in [-0.2, 0) is 16.0 Å². The molecule has 0 saturated carbocycles. The summed E-state index contributed by atoms with van der Waals surface area (Å²) >= 11 is 0. The molecular formula is C25H27N3O4. The molecule has 0 aliphatic carbocycles. The summed E-state index contributed by atoms with van der Waals surface area (Å²) in [6.07, 6.45) is 2.81. The molecule has 0 radical (unpaired) electrons. The number of hydrogen-bond donors (Lipinski definition) is 1. The third kappa shape index (κ3) is 4.89. The van der Waals surface area contributed by atoms with Gasteiger partial charge in [-0.25, -0.2) is 4.79 Å². The number of hydrogen-bond acceptors (Lipinski definition) is 5. The number of amides is 1. The van der Waals surface area contributed by atoms with Crippen molar-refractivity contribution in [3.05, 3.63) is 65.9 Å². The summed E-state index contributed by atoms with van der Waals surface area (Å²) in [5, 5.41) is 0.909. The first-order valence-corrected chi connectivity index (χ1v) is 11.0. The van der Waals surface area contributed by atoms with Crippen LogP contribution in [0.25, 0.3) is 10.9 Å². The fourth-order valence-electron chi connectivity index (χ4n) is 4.03. The Morgan fingerprint density at radius 3 is 2.41 bits per heavy atom. The number of benzene rings is 2. The van der Waals surface area contributed by atoms with E-state index in [1.54, 1.807) is 30.5 Å². The number of aromatic amines is 1. The summed E-state index contributed by atoms with van der Waals surface area (Å²) in [5.41, 5.74) is 2.21. The number of aromatic nitrogens is 1. The van der Waals surface area contributed by atoms with E-state index in [1.807, 2.05) is 29.2 Å². The van der Waals surface area contributed by atoms with Crippen LogP contribution in [0.1, 0.15) is 29.3 Å². The van der Waals surface area contributed by atoms with Crippen LogP contribution in [0, 0.1) is 0 Å². The van der Waals surface area contributed by atoms with Crippen LogP contribution in [0.2, 0.25) is 0 Å². The Morgan fingerprint density at radius 2 is 1.69 bits per heavy atom. The molecule has 166 valence electrons. The number of esters is 1. The molecule has 2 aromatic carbocycles. The SMILES string of the molecule is CCCN1CCN(C(=O)c2ccc(OC(=O)C(=O)Cc3c[nH]c4ccccc34)cc2)CC1. The minimum atomic E-state index is -0.915. The van der Waals surface area contributed by atoms with E-state index in [1.165, 1.54) is 0 Å². The van der Waals surface area contributed by atoms with Crippen molar-refractivity contribution in [1.82, 2.24) is 14.8 Å². The number of ether oxygens (including phenoxy) is 1. The van der Waals surface area contributed by atoms with Crippen LogP contribution in [0.3, 0.4) is 0 Å². The van der Waals surface area contributed by atoms with Crippen molar-refractivity contribution in [3.8, 4) is 5.75 Å². The Kier molecular flexibility index (Phi) is 6.66. The van der Waals surface area contributed by atoms with Gasteiger partial charge in [0.15, 0.2) is 0 Å². The smallest absolute Gasteiger partial charge is 0.380 e. The Hall–Kier alpha value is -3.45. The molecule has 1 N–H and O–H groups in total. The Bertz CT molecular complexity index is 1110. The van der Waals surface area contributed by atoms with Crippen molar-refractivity contribution in [2.75, 3.05) is 32.7 Å². The Labute approximate surface area is 187 Å². The van der Waals surface area contributed by atoms with Gasteiger partial charge in [-0.05, 0) is 48.9 Å². The predicted molar refractivity (Wildman–Crippen MR) is 122 cm³/mol. The molecule has 3 aromatic rings. The lowest BCUT2D eigenvalue weighted by Crippen LogP contribution is -2.48. The molecule has 1 saturated heterocycles. The van der Waals surface area contributed by atoms with Crippen molar-refractivity contribution < 1.29 is 19.1 Å². The lowest BCUT2D eigenvalue weighted by atomic mass is 10.1. The largest absolute Gasteiger partial charge is 0.421 e. The van der Waals surface area contributed by atoms with E-state index in [0.717, 1.165) is 42.5 Å². The van der Waals surface area contributed by atoms with Gasteiger partial charge in [0.05, 0.1) is 0 Å². The van der Waals surface area contributed by atoms with Gasteiger partial charge in [0.25, 0.3) is 5.91 Å². The summed E-state index contributed by atoms with van der Waals surface area (Å²) in [4.78, 5) is 44.7. The van der Waals surface area contributed by atoms with Crippen LogP contribution < -0.4 is 4.74 Å². The van der Waals surface area contributed by atoms with E-state index in [2.05, 4.69) is 16.8 Å². The molecule has 0 bridgehead atoms. The van der Waals surface area contributed by atoms with Crippen LogP contribution >= 0.6 is 0 Å². The molecule has 1 fully saturated rings. The molecule has 0 unspecified atom stereocenters. The minimum absolute atomic E-state index is 0.0329. The van der Waals surface area contributed by atoms with Crippen LogP contribution in [-0.4, -0.2) is 65.2 Å². The van der Waals surface area contributed by atoms with Gasteiger partial charge < -0.3 is 14.6 Å². The monoisotopic (exact) mass is 433 g/mol. The van der Waals surface area contributed by atoms with E-state index in [0.29, 0.717) is 18.7 Å². The number of carbonyl (C=O) groups is 3. The second-order valence-corrected chi connectivity index (χ2v) is 8.01. The zero-order valence-electron chi connectivity index (χ0n) is 18.2. The van der Waals surface area contributed by atoms with Crippen LogP contribution in [0.5, 0.6) is 5.75 Å². The van der Waals surface area contributed by atoms with Crippen molar-refractivity contribution in [3.63, 3.8) is 0 Å². The average molecular weight is 434 g/mol. The number of Topliss-reactive ketones (excluding diaryl/α,β-unsaturated/α-hetero) is 1. The third-order valence-electron chi connectivity index (χ3n) is 5.76. The molecule has 1 aliphatic heterocycles. The second-order valence-electron chi connectivity index (χ2n) is 8.01. The minimum Gasteiger partial charge on any atom is -0.421 e. The zero-order chi connectivity index (χ0) is 22.5. The maximum absolute atomic E-state index is 12.7. The maximum Gasteiger partial charge on any atom is 0.380 e. The van der Waals surface area contributed by atoms with Gasteiger partial charge in [-0.15, -0.1) is 0 Å². The van der Waals surface area contributed by atoms with Crippen molar-refractivity contribution in [2.45, 2.75) is 19.8 Å². The number of para-hydroxylation sites is 1. The molecular weight excluding hydrogens is 406 g/mol. The fraction of sp³-hybridized carbons (Fsp3) is 0.320. The molecule has 0 spiro atoms. The normalized spacial score (nSPS) is 14.5. The summed E-state index contributed by atoms with van der Waals surface area (Å²) in [6.45, 7) is 6.39. The fourth-order valence-corrected chi connectivity index (χ4v) is 4.03. The van der Waals surface area contributed by atoms with Crippen molar-refractivity contribution in [1.29, 1.82) is 0 Å². The highest BCUT2D eigenvalue weighted by Crippen LogP contribution is 2.19. The first kappa shape index (κ1) is 21.8. The van der Waals surface area contributed by atoms with E-state index in [4.69, 9.17) is 4.74 Å². The first-order chi connectivity index (χ1) is 15.5. The number of rotatable bonds is 7. The number of H-pyrrole nitrogens is 1. The van der Waals surface area contributed by atoms with E-state index in [-0.39, 0.29) is 18.1 Å². The third-order valence-corrected chi connectivity index (χ3v) is 5.76. The van der Waals surface area contributed by atoms with Gasteiger partial charge in [-0.2, -0.15) is 0 Å². The Balaban J connectivity index is 1.32. The summed E-state index contributed by atoms with van der Waals surface area (Å²) in [5.74, 6) is -1.33. The lowest BCUT2D eigenvalue weighted by molar-refractivity contribution is -0.146. The van der Waals surface area contributed by atoms with Gasteiger partial charge in [0.2, 0.25) is 5.78 Å². The highest BCUT2D eigenvalue weighted by atomic mass is 16.5. The molecule has 0 atom stereocenters. The van der Waals surface area contributed by atoms with E-state index < -0.39 is 11.8 Å². The van der Waals surface area contributed by atoms with E-state index >= 15 is 0 Å². The number of fused-ring (bicyclic) bond motifs is 1. The molecule has 7 heteroatoms. The predicted octanol–water partition coefficient (Wildman–Crippen LogP) is 3.05. The highest BCUT2D eigenvalue weighted by molar-refractivity contribution is 6.35. The lowest BCUT2D eigenvalue weighted by Gasteiger charge is -2.34. The maximum atomic E-state index is 12.7. The van der Waals surface area contributed by atoms with Gasteiger partial charge in [-0.1, -0.05) is 25.1 Å². The van der Waals surface area contributed by atoms with Gasteiger partial charge in [-0.3, -0.25) is 14.5 Å². The summed E-state index contributed by atoms with van der Waals surface area (Å²) < 4.78 is 5.23. The summed E-state index contributed by atoms with van der Waals surface area (Å²) in [6, 6.07) is 14.0. The highest BCUT2D eigenvalue weighted by Gasteiger charge is 2.22. The molecule has 1 amide bonds. The molecule has 4 rings (SSSR count). The van der Waals surface area contributed by atoms with Gasteiger partial charge in [0.1, 0.15) is 5.75 Å². The van der Waals surface area contributed by atoms with Crippen molar-refractivity contribution in [2.24, 2.45) is 0 Å². The van der Waals surface area contributed by atoms with Crippen LogP contribution in [0.4, 0.5) is 0 Å². The number of nitrogens with one attached hydrogen (secondary N) is 1. The number of ketones is 1. The van der Waals surface area contributed by atoms with E-state index in [9.17, 15) is 14.4 Å². The van der Waals surface area contributed by atoms with Crippen molar-refractivity contribution >= 4 is 28.6 Å². The quantitative estimate of drug-likeness (QED) is 0.352. The average Bonchev–Trinajstić information content (AvgIpc) is 3.22. The molecule has 7 nitrogen and oxygen atoms in total. The van der Waals surface area contributed by atoms with Gasteiger partial charge >= 0.3 is 5.97 Å². The molecule has 1 aromatic heterocycles. The van der Waals surface area contributed by atoms with Gasteiger partial charge in [0, 0.05) is 55.3 Å². The molecule has 32 heavy (non-hydrogen) atoms. The molecule has 1 aliphatic rings. The number of piperazine rings is 1. The number of carbonyl (C=O) groups excluding carboxylic acids is 3. The first-order valence-electron chi connectivity index (χ1n) is 11.0. The topological polar surface area (TPSA) is 82.7 Å². The number of nitrogens with zero attached hydrogens (tertiary/aromatic N) is 2. The standard InChI is InChI=1S/C25H27N3O4/c1-2-11-27-12-14-28(15-13-27)24(30)18-7-9-20(10-8-18)32-25(31)23(29)16-19-17-26-22-6-4-3-5-21(19)22/h3-10,17,26H,2,11-16H2,1H3. The zero-order valence-corrected chi connectivity index (χ0v) is 18.2. The second kappa shape index (κ2) is 9.78.